The van der Waals surface area contributed by atoms with E-state index in [4.69, 9.17) is 0 Å². The molecule has 0 aliphatic heterocycles. The van der Waals surface area contributed by atoms with Crippen LogP contribution in [0.15, 0.2) is 48.8 Å². The van der Waals surface area contributed by atoms with Crippen LogP contribution in [0.2, 0.25) is 0 Å². The highest BCUT2D eigenvalue weighted by Crippen LogP contribution is 2.24. The summed E-state index contributed by atoms with van der Waals surface area (Å²) in [5, 5.41) is 9.16. The summed E-state index contributed by atoms with van der Waals surface area (Å²) in [4.78, 5) is 7.66. The number of hydrogen-bond acceptors (Lipinski definition) is 3. The molecule has 5 nitrogen and oxygen atoms in total. The van der Waals surface area contributed by atoms with Crippen LogP contribution in [0.4, 0.5) is 5.82 Å². The van der Waals surface area contributed by atoms with E-state index in [9.17, 15) is 0 Å². The van der Waals surface area contributed by atoms with Crippen molar-refractivity contribution >= 4 is 22.4 Å². The number of nitrogens with zero attached hydrogens (tertiary/aromatic N) is 3. The minimum atomic E-state index is 0.853. The van der Waals surface area contributed by atoms with E-state index in [1.54, 1.807) is 0 Å². The van der Waals surface area contributed by atoms with Crippen molar-refractivity contribution in [2.45, 2.75) is 13.3 Å². The van der Waals surface area contributed by atoms with Gasteiger partial charge in [0.1, 0.15) is 5.82 Å². The normalized spacial score (nSPS) is 11.3. The molecule has 4 aromatic rings. The number of aromatic amines is 1. The number of H-pyrrole nitrogens is 1. The van der Waals surface area contributed by atoms with Crippen LogP contribution in [-0.4, -0.2) is 26.1 Å². The van der Waals surface area contributed by atoms with Crippen LogP contribution in [-0.2, 0) is 0 Å². The average molecular weight is 291 g/mol. The van der Waals surface area contributed by atoms with E-state index in [2.05, 4.69) is 51.6 Å². The Balaban J connectivity index is 1.82. The molecule has 0 unspecified atom stereocenters. The van der Waals surface area contributed by atoms with Crippen LogP contribution in [0.1, 0.15) is 13.3 Å². The molecule has 0 saturated heterocycles. The zero-order valence-corrected chi connectivity index (χ0v) is 12.4. The monoisotopic (exact) mass is 291 g/mol. The molecule has 0 aliphatic rings. The first kappa shape index (κ1) is 12.9. The summed E-state index contributed by atoms with van der Waals surface area (Å²) in [7, 11) is 0. The smallest absolute Gasteiger partial charge is 0.154 e. The van der Waals surface area contributed by atoms with Crippen LogP contribution in [0.3, 0.4) is 0 Å². The van der Waals surface area contributed by atoms with Gasteiger partial charge in [-0.1, -0.05) is 13.0 Å². The second-order valence-corrected chi connectivity index (χ2v) is 5.34. The largest absolute Gasteiger partial charge is 0.369 e. The number of aromatic nitrogens is 4. The lowest BCUT2D eigenvalue weighted by Gasteiger charge is -2.06. The summed E-state index contributed by atoms with van der Waals surface area (Å²) in [6, 6.07) is 12.4. The Morgan fingerprint density at radius 1 is 1.18 bits per heavy atom. The Morgan fingerprint density at radius 2 is 2.14 bits per heavy atom. The first-order valence-corrected chi connectivity index (χ1v) is 7.51. The maximum absolute atomic E-state index is 4.65. The lowest BCUT2D eigenvalue weighted by Crippen LogP contribution is -2.05. The topological polar surface area (TPSA) is 58.0 Å². The second-order valence-electron chi connectivity index (χ2n) is 5.34. The van der Waals surface area contributed by atoms with Crippen molar-refractivity contribution in [1.29, 1.82) is 0 Å². The summed E-state index contributed by atoms with van der Waals surface area (Å²) >= 11 is 0. The van der Waals surface area contributed by atoms with Gasteiger partial charge in [-0.3, -0.25) is 0 Å². The molecule has 22 heavy (non-hydrogen) atoms. The Bertz CT molecular complexity index is 934. The quantitative estimate of drug-likeness (QED) is 0.603. The zero-order chi connectivity index (χ0) is 14.9. The van der Waals surface area contributed by atoms with E-state index in [0.29, 0.717) is 0 Å². The van der Waals surface area contributed by atoms with Crippen LogP contribution in [0, 0.1) is 0 Å². The second kappa shape index (κ2) is 5.18. The van der Waals surface area contributed by atoms with E-state index in [1.165, 1.54) is 5.39 Å². The Labute approximate surface area is 128 Å². The van der Waals surface area contributed by atoms with Gasteiger partial charge in [0.25, 0.3) is 0 Å². The van der Waals surface area contributed by atoms with Gasteiger partial charge < -0.3 is 10.3 Å². The molecule has 3 aromatic heterocycles. The van der Waals surface area contributed by atoms with Crippen molar-refractivity contribution in [2.75, 3.05) is 11.9 Å². The molecular formula is C17H17N5. The van der Waals surface area contributed by atoms with Crippen molar-refractivity contribution in [3.05, 3.63) is 48.8 Å². The summed E-state index contributed by atoms with van der Waals surface area (Å²) in [6.45, 7) is 3.05. The fraction of sp³-hybridized carbons (Fsp3) is 0.176. The molecule has 0 radical (unpaired) electrons. The molecule has 0 aliphatic carbocycles. The predicted octanol–water partition coefficient (Wildman–Crippen LogP) is 3.70. The molecular weight excluding hydrogens is 274 g/mol. The van der Waals surface area contributed by atoms with Crippen molar-refractivity contribution < 1.29 is 0 Å². The number of fused-ring (bicyclic) bond motifs is 2. The number of benzene rings is 1. The minimum Gasteiger partial charge on any atom is -0.369 e. The first-order valence-electron chi connectivity index (χ1n) is 7.51. The Morgan fingerprint density at radius 3 is 3.05 bits per heavy atom. The van der Waals surface area contributed by atoms with Crippen molar-refractivity contribution in [3.63, 3.8) is 0 Å². The standard InChI is InChI=1S/C17H17N5/c1-2-8-19-16-5-6-17-20-11-15(22(17)21-16)13-3-4-14-12(10-13)7-9-18-14/h3-7,9-11,18H,2,8H2,1H3,(H,19,21). The van der Waals surface area contributed by atoms with Crippen LogP contribution >= 0.6 is 0 Å². The number of imidazole rings is 1. The maximum atomic E-state index is 4.65. The van der Waals surface area contributed by atoms with Crippen molar-refractivity contribution in [3.8, 4) is 11.3 Å². The molecule has 0 saturated carbocycles. The van der Waals surface area contributed by atoms with E-state index >= 15 is 0 Å². The summed E-state index contributed by atoms with van der Waals surface area (Å²) in [5.41, 5.74) is 4.10. The van der Waals surface area contributed by atoms with Gasteiger partial charge in [0.2, 0.25) is 0 Å². The molecule has 0 bridgehead atoms. The highest BCUT2D eigenvalue weighted by atomic mass is 15.3. The molecule has 0 spiro atoms. The van der Waals surface area contributed by atoms with E-state index in [0.717, 1.165) is 41.2 Å². The minimum absolute atomic E-state index is 0.853. The third-order valence-corrected chi connectivity index (χ3v) is 3.77. The van der Waals surface area contributed by atoms with Gasteiger partial charge in [-0.25, -0.2) is 9.50 Å². The fourth-order valence-corrected chi connectivity index (χ4v) is 2.63. The maximum Gasteiger partial charge on any atom is 0.154 e. The molecule has 0 atom stereocenters. The number of anilines is 1. The zero-order valence-electron chi connectivity index (χ0n) is 12.4. The first-order chi connectivity index (χ1) is 10.8. The van der Waals surface area contributed by atoms with Crippen LogP contribution in [0.5, 0.6) is 0 Å². The van der Waals surface area contributed by atoms with Gasteiger partial charge >= 0.3 is 0 Å². The summed E-state index contributed by atoms with van der Waals surface area (Å²) in [5.74, 6) is 0.872. The lowest BCUT2D eigenvalue weighted by molar-refractivity contribution is 0.910. The van der Waals surface area contributed by atoms with Crippen molar-refractivity contribution in [2.24, 2.45) is 0 Å². The van der Waals surface area contributed by atoms with Gasteiger partial charge in [-0.2, -0.15) is 0 Å². The third-order valence-electron chi connectivity index (χ3n) is 3.77. The Kier molecular flexibility index (Phi) is 3.04. The number of rotatable bonds is 4. The predicted molar refractivity (Wildman–Crippen MR) is 89.1 cm³/mol. The fourth-order valence-electron chi connectivity index (χ4n) is 2.63. The average Bonchev–Trinajstić information content (AvgIpc) is 3.18. The molecule has 0 amide bonds. The molecule has 110 valence electrons. The van der Waals surface area contributed by atoms with E-state index < -0.39 is 0 Å². The SMILES string of the molecule is CCCNc1ccc2ncc(-c3ccc4[nH]ccc4c3)n2n1. The Hall–Kier alpha value is -2.82. The van der Waals surface area contributed by atoms with E-state index in [1.807, 2.05) is 29.0 Å². The third kappa shape index (κ3) is 2.11. The van der Waals surface area contributed by atoms with Gasteiger partial charge in [-0.05, 0) is 36.8 Å². The highest BCUT2D eigenvalue weighted by Gasteiger charge is 2.09. The van der Waals surface area contributed by atoms with Gasteiger partial charge in [-0.15, -0.1) is 5.10 Å². The van der Waals surface area contributed by atoms with Gasteiger partial charge in [0, 0.05) is 29.2 Å². The number of hydrogen-bond donors (Lipinski definition) is 2. The van der Waals surface area contributed by atoms with Gasteiger partial charge in [0.05, 0.1) is 11.9 Å². The van der Waals surface area contributed by atoms with E-state index in [-0.39, 0.29) is 0 Å². The highest BCUT2D eigenvalue weighted by molar-refractivity contribution is 5.84. The van der Waals surface area contributed by atoms with Crippen LogP contribution < -0.4 is 5.32 Å². The lowest BCUT2D eigenvalue weighted by atomic mass is 10.1. The van der Waals surface area contributed by atoms with Crippen molar-refractivity contribution in [1.82, 2.24) is 19.6 Å². The molecule has 5 heteroatoms. The molecule has 4 rings (SSSR count). The molecule has 1 aromatic carbocycles. The molecule has 3 heterocycles. The summed E-state index contributed by atoms with van der Waals surface area (Å²) < 4.78 is 1.89. The molecule has 0 fully saturated rings. The van der Waals surface area contributed by atoms with Crippen LogP contribution in [0.25, 0.3) is 27.8 Å². The van der Waals surface area contributed by atoms with Gasteiger partial charge in [0.15, 0.2) is 5.65 Å². The molecule has 2 N–H and O–H groups in total. The number of nitrogens with one attached hydrogen (secondary N) is 2. The summed E-state index contributed by atoms with van der Waals surface area (Å²) in [6.07, 6.45) is 4.90.